The zero-order valence-corrected chi connectivity index (χ0v) is 23.1. The van der Waals surface area contributed by atoms with E-state index in [0.29, 0.717) is 47.5 Å². The van der Waals surface area contributed by atoms with Crippen LogP contribution in [0.4, 0.5) is 40.0 Å². The number of carbonyl (C=O) groups is 2. The molecule has 3 amide bonds. The van der Waals surface area contributed by atoms with Crippen LogP contribution in [-0.4, -0.2) is 55.5 Å². The molecule has 0 bridgehead atoms. The Balaban J connectivity index is 1.34. The number of alkyl halides is 3. The molecule has 42 heavy (non-hydrogen) atoms. The van der Waals surface area contributed by atoms with Crippen LogP contribution in [0.2, 0.25) is 0 Å². The number of ether oxygens (including phenoxy) is 1. The fourth-order valence-electron chi connectivity index (χ4n) is 4.66. The van der Waals surface area contributed by atoms with Crippen molar-refractivity contribution in [2.75, 3.05) is 29.5 Å². The SMILES string of the molecule is CC(C)(C)OC(=O)N1CC[C@H](n2nc(-c3ccc(NC(=O)Nc4cccc(C(F)(F)F)c4)cc3)c3c(N)ncnc32)C1. The number of rotatable bonds is 4. The number of halogens is 3. The molecular formula is C28H29F3N8O3. The third-order valence-corrected chi connectivity index (χ3v) is 6.54. The van der Waals surface area contributed by atoms with Crippen molar-refractivity contribution in [1.29, 1.82) is 0 Å². The van der Waals surface area contributed by atoms with E-state index in [1.165, 1.54) is 18.5 Å². The largest absolute Gasteiger partial charge is 0.444 e. The van der Waals surface area contributed by atoms with Gasteiger partial charge in [0.1, 0.15) is 23.4 Å². The van der Waals surface area contributed by atoms with Gasteiger partial charge in [-0.15, -0.1) is 0 Å². The van der Waals surface area contributed by atoms with Gasteiger partial charge in [-0.05, 0) is 57.5 Å². The van der Waals surface area contributed by atoms with Crippen LogP contribution in [0.15, 0.2) is 54.9 Å². The Morgan fingerprint density at radius 3 is 2.43 bits per heavy atom. The van der Waals surface area contributed by atoms with E-state index in [0.717, 1.165) is 12.1 Å². The van der Waals surface area contributed by atoms with Gasteiger partial charge in [0.25, 0.3) is 0 Å². The van der Waals surface area contributed by atoms with Crippen molar-refractivity contribution in [2.45, 2.75) is 45.0 Å². The predicted octanol–water partition coefficient (Wildman–Crippen LogP) is 5.92. The number of benzene rings is 2. The summed E-state index contributed by atoms with van der Waals surface area (Å²) in [6.45, 7) is 6.33. The molecule has 0 unspecified atom stereocenters. The van der Waals surface area contributed by atoms with Gasteiger partial charge in [-0.25, -0.2) is 24.2 Å². The normalized spacial score (nSPS) is 15.6. The summed E-state index contributed by atoms with van der Waals surface area (Å²) in [5, 5.41) is 10.4. The molecule has 220 valence electrons. The number of fused-ring (bicyclic) bond motifs is 1. The zero-order chi connectivity index (χ0) is 30.2. The average molecular weight is 583 g/mol. The van der Waals surface area contributed by atoms with Crippen LogP contribution < -0.4 is 16.4 Å². The minimum Gasteiger partial charge on any atom is -0.444 e. The van der Waals surface area contributed by atoms with Crippen molar-refractivity contribution in [2.24, 2.45) is 0 Å². The van der Waals surface area contributed by atoms with Crippen molar-refractivity contribution in [3.05, 3.63) is 60.4 Å². The average Bonchev–Trinajstić information content (AvgIpc) is 3.54. The Hall–Kier alpha value is -4.88. The van der Waals surface area contributed by atoms with E-state index >= 15 is 0 Å². The Bertz CT molecular complexity index is 1630. The van der Waals surface area contributed by atoms with Crippen molar-refractivity contribution in [3.8, 4) is 11.3 Å². The molecule has 0 aliphatic carbocycles. The summed E-state index contributed by atoms with van der Waals surface area (Å²) >= 11 is 0. The van der Waals surface area contributed by atoms with Crippen molar-refractivity contribution in [1.82, 2.24) is 24.6 Å². The van der Waals surface area contributed by atoms with Gasteiger partial charge in [-0.1, -0.05) is 18.2 Å². The third kappa shape index (κ3) is 6.21. The minimum absolute atomic E-state index is 0.00331. The molecule has 4 aromatic rings. The van der Waals surface area contributed by atoms with Gasteiger partial charge >= 0.3 is 18.3 Å². The number of nitrogens with two attached hydrogens (primary N) is 1. The van der Waals surface area contributed by atoms with Crippen molar-refractivity contribution in [3.63, 3.8) is 0 Å². The number of amides is 3. The van der Waals surface area contributed by atoms with E-state index in [1.54, 1.807) is 33.8 Å². The summed E-state index contributed by atoms with van der Waals surface area (Å²) < 4.78 is 46.2. The second kappa shape index (κ2) is 10.8. The van der Waals surface area contributed by atoms with Gasteiger partial charge in [0.2, 0.25) is 0 Å². The van der Waals surface area contributed by atoms with E-state index in [4.69, 9.17) is 15.6 Å². The number of hydrogen-bond acceptors (Lipinski definition) is 7. The highest BCUT2D eigenvalue weighted by atomic mass is 19.4. The molecule has 14 heteroatoms. The lowest BCUT2D eigenvalue weighted by atomic mass is 10.1. The highest BCUT2D eigenvalue weighted by molar-refractivity contribution is 6.01. The Labute approximate surface area is 238 Å². The van der Waals surface area contributed by atoms with Crippen molar-refractivity contribution < 1.29 is 27.5 Å². The number of hydrogen-bond donors (Lipinski definition) is 3. The molecule has 0 radical (unpaired) electrons. The molecule has 1 saturated heterocycles. The minimum atomic E-state index is -4.52. The molecule has 1 fully saturated rings. The first-order valence-corrected chi connectivity index (χ1v) is 13.1. The van der Waals surface area contributed by atoms with Gasteiger partial charge < -0.3 is 26.0 Å². The maximum absolute atomic E-state index is 13.0. The van der Waals surface area contributed by atoms with E-state index in [9.17, 15) is 22.8 Å². The Kier molecular flexibility index (Phi) is 7.39. The van der Waals surface area contributed by atoms with Crippen LogP contribution in [0.1, 0.15) is 38.8 Å². The molecular weight excluding hydrogens is 553 g/mol. The van der Waals surface area contributed by atoms with Crippen LogP contribution in [-0.2, 0) is 10.9 Å². The molecule has 1 aliphatic heterocycles. The summed E-state index contributed by atoms with van der Waals surface area (Å²) in [6.07, 6.45) is -2.92. The molecule has 5 rings (SSSR count). The smallest absolute Gasteiger partial charge is 0.416 e. The van der Waals surface area contributed by atoms with Gasteiger partial charge in [-0.2, -0.15) is 18.3 Å². The molecule has 0 spiro atoms. The maximum Gasteiger partial charge on any atom is 0.416 e. The molecule has 3 heterocycles. The van der Waals surface area contributed by atoms with Crippen LogP contribution in [0, 0.1) is 0 Å². The standard InChI is InChI=1S/C28H29F3N8O3/c1-27(2,3)42-26(41)38-12-11-20(14-38)39-24-21(23(32)33-15-34-24)22(37-39)16-7-9-18(10-8-16)35-25(40)36-19-6-4-5-17(13-19)28(29,30)31/h4-10,13,15,20H,11-12,14H2,1-3H3,(H2,32,33,34)(H2,35,36,40)/t20-/m0/s1. The molecule has 1 aliphatic rings. The molecule has 2 aromatic heterocycles. The number of carbonyl (C=O) groups excluding carboxylic acids is 2. The molecule has 11 nitrogen and oxygen atoms in total. The number of aromatic nitrogens is 4. The van der Waals surface area contributed by atoms with E-state index in [2.05, 4.69) is 20.6 Å². The topological polar surface area (TPSA) is 140 Å². The fraction of sp³-hybridized carbons (Fsp3) is 0.321. The molecule has 4 N–H and O–H groups in total. The number of likely N-dealkylation sites (tertiary alicyclic amines) is 1. The van der Waals surface area contributed by atoms with Gasteiger partial charge in [0, 0.05) is 30.0 Å². The summed E-state index contributed by atoms with van der Waals surface area (Å²) in [7, 11) is 0. The van der Waals surface area contributed by atoms with Gasteiger partial charge in [0.05, 0.1) is 17.0 Å². The predicted molar refractivity (Wildman–Crippen MR) is 151 cm³/mol. The first-order chi connectivity index (χ1) is 19.8. The zero-order valence-electron chi connectivity index (χ0n) is 23.1. The van der Waals surface area contributed by atoms with E-state index in [-0.39, 0.29) is 17.5 Å². The molecule has 2 aromatic carbocycles. The van der Waals surface area contributed by atoms with E-state index < -0.39 is 29.5 Å². The highest BCUT2D eigenvalue weighted by Crippen LogP contribution is 2.35. The second-order valence-electron chi connectivity index (χ2n) is 10.9. The first kappa shape index (κ1) is 28.6. The van der Waals surface area contributed by atoms with Gasteiger partial charge in [0.15, 0.2) is 5.65 Å². The lowest BCUT2D eigenvalue weighted by Crippen LogP contribution is -2.35. The van der Waals surface area contributed by atoms with Crippen LogP contribution in [0.5, 0.6) is 0 Å². The first-order valence-electron chi connectivity index (χ1n) is 13.1. The summed E-state index contributed by atoms with van der Waals surface area (Å²) in [4.78, 5) is 35.2. The monoisotopic (exact) mass is 582 g/mol. The quantitative estimate of drug-likeness (QED) is 0.271. The third-order valence-electron chi connectivity index (χ3n) is 6.54. The van der Waals surface area contributed by atoms with Crippen LogP contribution >= 0.6 is 0 Å². The number of nitrogen functional groups attached to an aromatic ring is 1. The Morgan fingerprint density at radius 1 is 1.02 bits per heavy atom. The van der Waals surface area contributed by atoms with Crippen LogP contribution in [0.3, 0.4) is 0 Å². The number of nitrogens with zero attached hydrogens (tertiary/aromatic N) is 5. The number of nitrogens with one attached hydrogen (secondary N) is 2. The maximum atomic E-state index is 13.0. The summed E-state index contributed by atoms with van der Waals surface area (Å²) in [5.41, 5.74) is 6.89. The number of urea groups is 1. The van der Waals surface area contributed by atoms with Gasteiger partial charge in [-0.3, -0.25) is 0 Å². The molecule has 0 saturated carbocycles. The summed E-state index contributed by atoms with van der Waals surface area (Å²) in [5.74, 6) is 0.242. The number of anilines is 3. The lowest BCUT2D eigenvalue weighted by Gasteiger charge is -2.24. The van der Waals surface area contributed by atoms with E-state index in [1.807, 2.05) is 20.8 Å². The lowest BCUT2D eigenvalue weighted by molar-refractivity contribution is -0.137. The van der Waals surface area contributed by atoms with Crippen LogP contribution in [0.25, 0.3) is 22.3 Å². The molecule has 1 atom stereocenters. The second-order valence-corrected chi connectivity index (χ2v) is 10.9. The Morgan fingerprint density at radius 2 is 1.74 bits per heavy atom. The van der Waals surface area contributed by atoms with Crippen molar-refractivity contribution >= 4 is 40.4 Å². The highest BCUT2D eigenvalue weighted by Gasteiger charge is 2.33. The summed E-state index contributed by atoms with van der Waals surface area (Å²) in [6, 6.07) is 10.2. The fourth-order valence-corrected chi connectivity index (χ4v) is 4.66.